The predicted octanol–water partition coefficient (Wildman–Crippen LogP) is 6.96. The lowest BCUT2D eigenvalue weighted by Crippen LogP contribution is -2.12. The molecule has 0 radical (unpaired) electrons. The Bertz CT molecular complexity index is 697. The van der Waals surface area contributed by atoms with Crippen molar-refractivity contribution in [1.29, 1.82) is 0 Å². The van der Waals surface area contributed by atoms with E-state index in [4.69, 9.17) is 9.47 Å². The van der Waals surface area contributed by atoms with Crippen molar-refractivity contribution in [2.45, 2.75) is 65.7 Å². The van der Waals surface area contributed by atoms with E-state index in [0.29, 0.717) is 12.5 Å². The van der Waals surface area contributed by atoms with Crippen molar-refractivity contribution in [2.24, 2.45) is 0 Å². The summed E-state index contributed by atoms with van der Waals surface area (Å²) in [6, 6.07) is 14.6. The highest BCUT2D eigenvalue weighted by molar-refractivity contribution is 5.48. The van der Waals surface area contributed by atoms with E-state index in [2.05, 4.69) is 63.3 Å². The second-order valence-electron chi connectivity index (χ2n) is 7.76. The molecule has 0 heterocycles. The first-order valence-electron chi connectivity index (χ1n) is 10.8. The Kier molecular flexibility index (Phi) is 9.74. The van der Waals surface area contributed by atoms with Crippen LogP contribution in [0.25, 0.3) is 0 Å². The maximum absolute atomic E-state index is 6.05. The molecule has 0 unspecified atom stereocenters. The molecule has 0 aliphatic carbocycles. The smallest absolute Gasteiger partial charge is 0.123 e. The van der Waals surface area contributed by atoms with E-state index in [-0.39, 0.29) is 0 Å². The van der Waals surface area contributed by atoms with Gasteiger partial charge in [-0.1, -0.05) is 64.7 Å². The molecule has 0 spiro atoms. The number of hydrogen-bond acceptors (Lipinski definition) is 3. The first-order valence-corrected chi connectivity index (χ1v) is 10.8. The third-order valence-corrected chi connectivity index (χ3v) is 4.83. The van der Waals surface area contributed by atoms with Crippen molar-refractivity contribution in [2.75, 3.05) is 25.1 Å². The zero-order chi connectivity index (χ0) is 20.2. The van der Waals surface area contributed by atoms with E-state index in [9.17, 15) is 0 Å². The number of ether oxygens (including phenoxy) is 2. The normalized spacial score (nSPS) is 10.9. The summed E-state index contributed by atoms with van der Waals surface area (Å²) in [5.41, 5.74) is 3.56. The van der Waals surface area contributed by atoms with Gasteiger partial charge in [0.05, 0.1) is 6.61 Å². The number of benzene rings is 2. The summed E-state index contributed by atoms with van der Waals surface area (Å²) in [7, 11) is 0. The van der Waals surface area contributed by atoms with Crippen LogP contribution in [0.3, 0.4) is 0 Å². The monoisotopic (exact) mass is 383 g/mol. The van der Waals surface area contributed by atoms with E-state index >= 15 is 0 Å². The van der Waals surface area contributed by atoms with Gasteiger partial charge in [-0.15, -0.1) is 0 Å². The molecule has 3 nitrogen and oxygen atoms in total. The van der Waals surface area contributed by atoms with Crippen LogP contribution in [0.4, 0.5) is 5.69 Å². The molecule has 0 saturated heterocycles. The number of rotatable bonds is 13. The van der Waals surface area contributed by atoms with E-state index in [1.165, 1.54) is 36.8 Å². The van der Waals surface area contributed by atoms with Crippen LogP contribution < -0.4 is 14.8 Å². The van der Waals surface area contributed by atoms with Crippen molar-refractivity contribution in [3.05, 3.63) is 53.6 Å². The van der Waals surface area contributed by atoms with Gasteiger partial charge in [0.25, 0.3) is 0 Å². The number of hydrogen-bond donors (Lipinski definition) is 1. The molecule has 0 aliphatic heterocycles. The maximum Gasteiger partial charge on any atom is 0.123 e. The Morgan fingerprint density at radius 2 is 1.71 bits per heavy atom. The lowest BCUT2D eigenvalue weighted by Gasteiger charge is -2.15. The van der Waals surface area contributed by atoms with Gasteiger partial charge in [0.2, 0.25) is 0 Å². The van der Waals surface area contributed by atoms with Crippen molar-refractivity contribution in [3.8, 4) is 11.5 Å². The molecule has 0 atom stereocenters. The Balaban J connectivity index is 1.74. The summed E-state index contributed by atoms with van der Waals surface area (Å²) in [6.07, 6.45) is 6.28. The molecule has 0 fully saturated rings. The van der Waals surface area contributed by atoms with Crippen LogP contribution in [-0.2, 0) is 0 Å². The van der Waals surface area contributed by atoms with Crippen molar-refractivity contribution in [3.63, 3.8) is 0 Å². The minimum Gasteiger partial charge on any atom is -0.494 e. The van der Waals surface area contributed by atoms with Crippen LogP contribution in [0.15, 0.2) is 42.5 Å². The van der Waals surface area contributed by atoms with Gasteiger partial charge in [-0.25, -0.2) is 0 Å². The van der Waals surface area contributed by atoms with Crippen molar-refractivity contribution < 1.29 is 9.47 Å². The first kappa shape index (κ1) is 22.1. The van der Waals surface area contributed by atoms with E-state index < -0.39 is 0 Å². The fourth-order valence-corrected chi connectivity index (χ4v) is 3.19. The Hall–Kier alpha value is -2.16. The van der Waals surface area contributed by atoms with Gasteiger partial charge in [0.15, 0.2) is 0 Å². The summed E-state index contributed by atoms with van der Waals surface area (Å²) in [5, 5.41) is 3.43. The number of nitrogens with one attached hydrogen (secondary N) is 1. The zero-order valence-electron chi connectivity index (χ0n) is 18.1. The molecule has 0 saturated carbocycles. The molecule has 3 heteroatoms. The van der Waals surface area contributed by atoms with Gasteiger partial charge in [-0.2, -0.15) is 0 Å². The van der Waals surface area contributed by atoms with Gasteiger partial charge >= 0.3 is 0 Å². The van der Waals surface area contributed by atoms with Gasteiger partial charge in [0.1, 0.15) is 18.1 Å². The van der Waals surface area contributed by atoms with Crippen LogP contribution in [0, 0.1) is 6.92 Å². The molecule has 1 N–H and O–H groups in total. The molecule has 2 rings (SSSR count). The highest BCUT2D eigenvalue weighted by Crippen LogP contribution is 2.27. The highest BCUT2D eigenvalue weighted by atomic mass is 16.5. The first-order chi connectivity index (χ1) is 13.6. The van der Waals surface area contributed by atoms with Crippen LogP contribution in [-0.4, -0.2) is 19.8 Å². The Morgan fingerprint density at radius 1 is 0.893 bits per heavy atom. The summed E-state index contributed by atoms with van der Waals surface area (Å²) in [6.45, 7) is 10.9. The zero-order valence-corrected chi connectivity index (χ0v) is 18.1. The van der Waals surface area contributed by atoms with Crippen LogP contribution >= 0.6 is 0 Å². The second-order valence-corrected chi connectivity index (χ2v) is 7.76. The standard InChI is InChI=1S/C25H37NO2/c1-5-6-7-8-9-16-27-23-12-10-11-22(19-23)26-15-17-28-25-18-21(4)13-14-24(25)20(2)3/h10-14,18-20,26H,5-9,15-17H2,1-4H3. The summed E-state index contributed by atoms with van der Waals surface area (Å²) in [4.78, 5) is 0. The van der Waals surface area contributed by atoms with E-state index in [0.717, 1.165) is 36.8 Å². The van der Waals surface area contributed by atoms with Gasteiger partial charge in [-0.05, 0) is 48.6 Å². The largest absolute Gasteiger partial charge is 0.494 e. The average Bonchev–Trinajstić information content (AvgIpc) is 2.68. The fourth-order valence-electron chi connectivity index (χ4n) is 3.19. The molecule has 28 heavy (non-hydrogen) atoms. The van der Waals surface area contributed by atoms with Gasteiger partial charge in [-0.3, -0.25) is 0 Å². The van der Waals surface area contributed by atoms with Gasteiger partial charge in [0, 0.05) is 18.3 Å². The molecule has 2 aromatic rings. The number of aryl methyl sites for hydroxylation is 1. The maximum atomic E-state index is 6.05. The Morgan fingerprint density at radius 3 is 2.50 bits per heavy atom. The number of unbranched alkanes of at least 4 members (excludes halogenated alkanes) is 4. The second kappa shape index (κ2) is 12.3. The number of anilines is 1. The molecule has 0 bridgehead atoms. The van der Waals surface area contributed by atoms with Crippen LogP contribution in [0.1, 0.15) is 69.9 Å². The molecule has 0 amide bonds. The Labute approximate surface area is 171 Å². The van der Waals surface area contributed by atoms with Crippen LogP contribution in [0.2, 0.25) is 0 Å². The quantitative estimate of drug-likeness (QED) is 0.379. The third kappa shape index (κ3) is 7.84. The molecule has 0 aromatic heterocycles. The van der Waals surface area contributed by atoms with Crippen LogP contribution in [0.5, 0.6) is 11.5 Å². The lowest BCUT2D eigenvalue weighted by molar-refractivity contribution is 0.304. The van der Waals surface area contributed by atoms with Crippen molar-refractivity contribution in [1.82, 2.24) is 0 Å². The lowest BCUT2D eigenvalue weighted by atomic mass is 10.0. The molecular weight excluding hydrogens is 346 g/mol. The fraction of sp³-hybridized carbons (Fsp3) is 0.520. The molecule has 154 valence electrons. The molecular formula is C25H37NO2. The summed E-state index contributed by atoms with van der Waals surface area (Å²) in [5.74, 6) is 2.39. The molecule has 2 aromatic carbocycles. The summed E-state index contributed by atoms with van der Waals surface area (Å²) >= 11 is 0. The summed E-state index contributed by atoms with van der Waals surface area (Å²) < 4.78 is 11.9. The average molecular weight is 384 g/mol. The highest BCUT2D eigenvalue weighted by Gasteiger charge is 2.08. The van der Waals surface area contributed by atoms with E-state index in [1.807, 2.05) is 12.1 Å². The van der Waals surface area contributed by atoms with Gasteiger partial charge < -0.3 is 14.8 Å². The molecule has 0 aliphatic rings. The minimum absolute atomic E-state index is 0.458. The minimum atomic E-state index is 0.458. The SMILES string of the molecule is CCCCCCCOc1cccc(NCCOc2cc(C)ccc2C(C)C)c1. The third-order valence-electron chi connectivity index (χ3n) is 4.83. The topological polar surface area (TPSA) is 30.5 Å². The van der Waals surface area contributed by atoms with Crippen molar-refractivity contribution >= 4 is 5.69 Å². The van der Waals surface area contributed by atoms with E-state index in [1.54, 1.807) is 0 Å². The predicted molar refractivity (Wildman–Crippen MR) is 120 cm³/mol.